The molecule has 2 rings (SSSR count). The summed E-state index contributed by atoms with van der Waals surface area (Å²) < 4.78 is 0. The molecule has 3 heteroatoms. The topological polar surface area (TPSA) is 46.3 Å². The Bertz CT molecular complexity index is 413. The predicted molar refractivity (Wildman–Crippen MR) is 77.6 cm³/mol. The number of hydrogen-bond donors (Lipinski definition) is 1. The molecule has 3 nitrogen and oxygen atoms in total. The van der Waals surface area contributed by atoms with Crippen molar-refractivity contribution >= 4 is 5.91 Å². The Morgan fingerprint density at radius 2 is 1.95 bits per heavy atom. The first-order valence-electron chi connectivity index (χ1n) is 7.28. The first-order valence-corrected chi connectivity index (χ1v) is 7.28. The predicted octanol–water partition coefficient (Wildman–Crippen LogP) is 2.34. The fourth-order valence-electron chi connectivity index (χ4n) is 2.58. The summed E-state index contributed by atoms with van der Waals surface area (Å²) >= 11 is 0. The van der Waals surface area contributed by atoms with Gasteiger partial charge >= 0.3 is 0 Å². The molecule has 1 saturated heterocycles. The van der Waals surface area contributed by atoms with Gasteiger partial charge in [-0.25, -0.2) is 0 Å². The van der Waals surface area contributed by atoms with Gasteiger partial charge in [-0.2, -0.15) is 0 Å². The van der Waals surface area contributed by atoms with Gasteiger partial charge in [0.25, 0.3) is 0 Å². The molecule has 1 aromatic carbocycles. The first kappa shape index (κ1) is 14.1. The zero-order valence-corrected chi connectivity index (χ0v) is 11.8. The van der Waals surface area contributed by atoms with E-state index in [0.717, 1.165) is 19.5 Å². The quantitative estimate of drug-likeness (QED) is 0.853. The number of benzene rings is 1. The minimum Gasteiger partial charge on any atom is -0.338 e. The van der Waals surface area contributed by atoms with Gasteiger partial charge in [0.2, 0.25) is 5.91 Å². The number of rotatable bonds is 6. The van der Waals surface area contributed by atoms with E-state index < -0.39 is 0 Å². The van der Waals surface area contributed by atoms with Crippen LogP contribution in [0.4, 0.5) is 0 Å². The van der Waals surface area contributed by atoms with E-state index in [-0.39, 0.29) is 5.91 Å². The average molecular weight is 260 g/mol. The number of likely N-dealkylation sites (tertiary alicyclic amines) is 1. The maximum atomic E-state index is 11.8. The normalized spacial score (nSPS) is 19.2. The van der Waals surface area contributed by atoms with Crippen molar-refractivity contribution in [2.45, 2.75) is 39.2 Å². The first-order chi connectivity index (χ1) is 9.22. The summed E-state index contributed by atoms with van der Waals surface area (Å²) in [6, 6.07) is 8.67. The molecule has 104 valence electrons. The molecule has 19 heavy (non-hydrogen) atoms. The number of carbonyl (C=O) groups excluding carboxylic acids is 1. The Kier molecular flexibility index (Phi) is 4.97. The molecule has 0 aromatic heterocycles. The average Bonchev–Trinajstić information content (AvgIpc) is 2.79. The summed E-state index contributed by atoms with van der Waals surface area (Å²) in [5, 5.41) is 0. The SMILES string of the molecule is CCCCc1ccc(CN2CC(CN)CC2=O)cc1. The number of amides is 1. The lowest BCUT2D eigenvalue weighted by molar-refractivity contribution is -0.128. The Labute approximate surface area is 115 Å². The van der Waals surface area contributed by atoms with Crippen LogP contribution in [0, 0.1) is 5.92 Å². The van der Waals surface area contributed by atoms with Gasteiger partial charge in [0.05, 0.1) is 0 Å². The molecule has 0 radical (unpaired) electrons. The van der Waals surface area contributed by atoms with Gasteiger partial charge in [0.15, 0.2) is 0 Å². The van der Waals surface area contributed by atoms with Crippen LogP contribution >= 0.6 is 0 Å². The summed E-state index contributed by atoms with van der Waals surface area (Å²) in [5.74, 6) is 0.585. The highest BCUT2D eigenvalue weighted by Gasteiger charge is 2.28. The van der Waals surface area contributed by atoms with Crippen molar-refractivity contribution < 1.29 is 4.79 Å². The molecule has 1 heterocycles. The zero-order valence-electron chi connectivity index (χ0n) is 11.8. The van der Waals surface area contributed by atoms with Crippen molar-refractivity contribution in [2.24, 2.45) is 11.7 Å². The molecular formula is C16H24N2O. The summed E-state index contributed by atoms with van der Waals surface area (Å²) in [7, 11) is 0. The van der Waals surface area contributed by atoms with Crippen LogP contribution < -0.4 is 5.73 Å². The third-order valence-electron chi connectivity index (χ3n) is 3.84. The minimum absolute atomic E-state index is 0.241. The van der Waals surface area contributed by atoms with Crippen LogP contribution in [0.3, 0.4) is 0 Å². The maximum Gasteiger partial charge on any atom is 0.223 e. The van der Waals surface area contributed by atoms with Crippen LogP contribution in [-0.2, 0) is 17.8 Å². The molecule has 1 aromatic rings. The third-order valence-corrected chi connectivity index (χ3v) is 3.84. The third kappa shape index (κ3) is 3.80. The monoisotopic (exact) mass is 260 g/mol. The number of aryl methyl sites for hydroxylation is 1. The van der Waals surface area contributed by atoms with Gasteiger partial charge in [0.1, 0.15) is 0 Å². The summed E-state index contributed by atoms with van der Waals surface area (Å²) in [6.07, 6.45) is 4.23. The fraction of sp³-hybridized carbons (Fsp3) is 0.562. The minimum atomic E-state index is 0.241. The van der Waals surface area contributed by atoms with Gasteiger partial charge < -0.3 is 10.6 Å². The Hall–Kier alpha value is -1.35. The van der Waals surface area contributed by atoms with E-state index in [0.29, 0.717) is 18.9 Å². The lowest BCUT2D eigenvalue weighted by Gasteiger charge is -2.16. The smallest absolute Gasteiger partial charge is 0.223 e. The molecule has 1 atom stereocenters. The molecule has 2 N–H and O–H groups in total. The molecular weight excluding hydrogens is 236 g/mol. The highest BCUT2D eigenvalue weighted by molar-refractivity contribution is 5.78. The van der Waals surface area contributed by atoms with E-state index >= 15 is 0 Å². The summed E-state index contributed by atoms with van der Waals surface area (Å²) in [6.45, 7) is 4.36. The van der Waals surface area contributed by atoms with E-state index in [1.807, 2.05) is 4.90 Å². The molecule has 1 aliphatic heterocycles. The van der Waals surface area contributed by atoms with Gasteiger partial charge in [-0.3, -0.25) is 4.79 Å². The Balaban J connectivity index is 1.91. The number of nitrogens with two attached hydrogens (primary N) is 1. The highest BCUT2D eigenvalue weighted by Crippen LogP contribution is 2.19. The second kappa shape index (κ2) is 6.71. The summed E-state index contributed by atoms with van der Waals surface area (Å²) in [5.41, 5.74) is 8.24. The fourth-order valence-corrected chi connectivity index (χ4v) is 2.58. The number of nitrogens with zero attached hydrogens (tertiary/aromatic N) is 1. The van der Waals surface area contributed by atoms with E-state index in [1.165, 1.54) is 24.0 Å². The van der Waals surface area contributed by atoms with Crippen LogP contribution in [0.1, 0.15) is 37.3 Å². The highest BCUT2D eigenvalue weighted by atomic mass is 16.2. The molecule has 0 aliphatic carbocycles. The number of carbonyl (C=O) groups is 1. The van der Waals surface area contributed by atoms with E-state index in [1.54, 1.807) is 0 Å². The maximum absolute atomic E-state index is 11.8. The zero-order chi connectivity index (χ0) is 13.7. The molecule has 0 spiro atoms. The van der Waals surface area contributed by atoms with Gasteiger partial charge in [-0.15, -0.1) is 0 Å². The van der Waals surface area contributed by atoms with Gasteiger partial charge in [0, 0.05) is 19.5 Å². The van der Waals surface area contributed by atoms with Crippen LogP contribution in [0.2, 0.25) is 0 Å². The van der Waals surface area contributed by atoms with E-state index in [2.05, 4.69) is 31.2 Å². The molecule has 1 unspecified atom stereocenters. The standard InChI is InChI=1S/C16H24N2O/c1-2-3-4-13-5-7-14(8-6-13)11-18-12-15(10-17)9-16(18)19/h5-8,15H,2-4,9-12,17H2,1H3. The van der Waals surface area contributed by atoms with Crippen LogP contribution in [0.25, 0.3) is 0 Å². The van der Waals surface area contributed by atoms with Crippen molar-refractivity contribution in [2.75, 3.05) is 13.1 Å². The van der Waals surface area contributed by atoms with E-state index in [9.17, 15) is 4.79 Å². The van der Waals surface area contributed by atoms with Crippen LogP contribution in [0.15, 0.2) is 24.3 Å². The Morgan fingerprint density at radius 3 is 2.53 bits per heavy atom. The van der Waals surface area contributed by atoms with Gasteiger partial charge in [-0.1, -0.05) is 37.6 Å². The molecule has 1 fully saturated rings. The number of unbranched alkanes of at least 4 members (excludes halogenated alkanes) is 1. The molecule has 0 bridgehead atoms. The Morgan fingerprint density at radius 1 is 1.26 bits per heavy atom. The molecule has 0 saturated carbocycles. The van der Waals surface area contributed by atoms with Crippen molar-refractivity contribution in [1.82, 2.24) is 4.90 Å². The largest absolute Gasteiger partial charge is 0.338 e. The van der Waals surface area contributed by atoms with E-state index in [4.69, 9.17) is 5.73 Å². The summed E-state index contributed by atoms with van der Waals surface area (Å²) in [4.78, 5) is 13.8. The lowest BCUT2D eigenvalue weighted by atomic mass is 10.1. The second-order valence-corrected chi connectivity index (χ2v) is 5.50. The van der Waals surface area contributed by atoms with Crippen LogP contribution in [-0.4, -0.2) is 23.9 Å². The van der Waals surface area contributed by atoms with Crippen molar-refractivity contribution in [1.29, 1.82) is 0 Å². The van der Waals surface area contributed by atoms with Crippen molar-refractivity contribution in [3.8, 4) is 0 Å². The lowest BCUT2D eigenvalue weighted by Crippen LogP contribution is -2.25. The molecule has 1 aliphatic rings. The number of hydrogen-bond acceptors (Lipinski definition) is 2. The van der Waals surface area contributed by atoms with Crippen molar-refractivity contribution in [3.05, 3.63) is 35.4 Å². The second-order valence-electron chi connectivity index (χ2n) is 5.50. The van der Waals surface area contributed by atoms with Gasteiger partial charge in [-0.05, 0) is 36.4 Å². The van der Waals surface area contributed by atoms with Crippen LogP contribution in [0.5, 0.6) is 0 Å². The molecule has 1 amide bonds. The van der Waals surface area contributed by atoms with Crippen molar-refractivity contribution in [3.63, 3.8) is 0 Å².